The molecule has 154 valence electrons. The summed E-state index contributed by atoms with van der Waals surface area (Å²) in [5.74, 6) is -0.714. The summed E-state index contributed by atoms with van der Waals surface area (Å²) in [7, 11) is -6.50. The molecule has 28 heavy (non-hydrogen) atoms. The molecule has 0 saturated carbocycles. The molecule has 1 aromatic rings. The minimum absolute atomic E-state index is 0.0564. The normalized spacial score (nSPS) is 33.2. The van der Waals surface area contributed by atoms with Crippen LogP contribution in [0.15, 0.2) is 18.2 Å². The van der Waals surface area contributed by atoms with Gasteiger partial charge in [-0.2, -0.15) is 0 Å². The number of benzene rings is 1. The van der Waals surface area contributed by atoms with E-state index in [0.717, 1.165) is 0 Å². The molecule has 4 unspecified atom stereocenters. The first kappa shape index (κ1) is 20.4. The molecule has 3 heterocycles. The number of anilines is 1. The fourth-order valence-electron chi connectivity index (χ4n) is 4.34. The van der Waals surface area contributed by atoms with Gasteiger partial charge in [0.15, 0.2) is 19.7 Å². The van der Waals surface area contributed by atoms with E-state index in [4.69, 9.17) is 23.2 Å². The monoisotopic (exact) mass is 467 g/mol. The molecule has 0 aliphatic carbocycles. The molecule has 4 atom stereocenters. The SMILES string of the molecule is O=C(CN1C2CS(=O)(=O)CC2NC2CS(=O)(=O)CC21)Nc1cccc(Cl)c1Cl. The Bertz CT molecular complexity index is 983. The summed E-state index contributed by atoms with van der Waals surface area (Å²) < 4.78 is 48.5. The highest BCUT2D eigenvalue weighted by Crippen LogP contribution is 2.32. The first-order valence-electron chi connectivity index (χ1n) is 8.71. The van der Waals surface area contributed by atoms with Gasteiger partial charge < -0.3 is 10.6 Å². The highest BCUT2D eigenvalue weighted by molar-refractivity contribution is 7.92. The number of hydrogen-bond acceptors (Lipinski definition) is 7. The van der Waals surface area contributed by atoms with Crippen molar-refractivity contribution in [1.29, 1.82) is 0 Å². The number of fused-ring (bicyclic) bond motifs is 2. The molecule has 1 amide bonds. The third kappa shape index (κ3) is 3.90. The number of rotatable bonds is 3. The quantitative estimate of drug-likeness (QED) is 0.650. The molecule has 12 heteroatoms. The second kappa shape index (κ2) is 7.10. The van der Waals surface area contributed by atoms with Gasteiger partial charge in [-0.1, -0.05) is 29.3 Å². The summed E-state index contributed by atoms with van der Waals surface area (Å²) in [6, 6.07) is 3.19. The third-order valence-electron chi connectivity index (χ3n) is 5.48. The summed E-state index contributed by atoms with van der Waals surface area (Å²) in [6.45, 7) is -0.127. The van der Waals surface area contributed by atoms with E-state index in [1.165, 1.54) is 0 Å². The van der Waals surface area contributed by atoms with Crippen molar-refractivity contribution >= 4 is 54.5 Å². The molecular weight excluding hydrogens is 449 g/mol. The van der Waals surface area contributed by atoms with Crippen LogP contribution in [0.5, 0.6) is 0 Å². The molecule has 8 nitrogen and oxygen atoms in total. The average molecular weight is 468 g/mol. The van der Waals surface area contributed by atoms with E-state index in [2.05, 4.69) is 10.6 Å². The van der Waals surface area contributed by atoms with Gasteiger partial charge in [-0.3, -0.25) is 9.69 Å². The summed E-state index contributed by atoms with van der Waals surface area (Å²) in [5.41, 5.74) is 0.348. The van der Waals surface area contributed by atoms with Crippen LogP contribution < -0.4 is 10.6 Å². The molecule has 3 aliphatic rings. The molecule has 1 aromatic carbocycles. The first-order chi connectivity index (χ1) is 13.0. The van der Waals surface area contributed by atoms with E-state index in [-0.39, 0.29) is 46.7 Å². The van der Waals surface area contributed by atoms with E-state index in [1.54, 1.807) is 23.1 Å². The van der Waals surface area contributed by atoms with E-state index in [1.807, 2.05) is 0 Å². The summed E-state index contributed by atoms with van der Waals surface area (Å²) in [5, 5.41) is 6.38. The van der Waals surface area contributed by atoms with Crippen LogP contribution in [0.3, 0.4) is 0 Å². The highest BCUT2D eigenvalue weighted by atomic mass is 35.5. The number of carbonyl (C=O) groups is 1. The van der Waals surface area contributed by atoms with Crippen molar-refractivity contribution in [3.8, 4) is 0 Å². The number of sulfone groups is 2. The Labute approximate surface area is 173 Å². The molecule has 0 spiro atoms. The lowest BCUT2D eigenvalue weighted by Gasteiger charge is -2.44. The molecule has 3 fully saturated rings. The fourth-order valence-corrected chi connectivity index (χ4v) is 8.58. The molecule has 3 saturated heterocycles. The van der Waals surface area contributed by atoms with Gasteiger partial charge in [-0.15, -0.1) is 0 Å². The molecular formula is C16H19Cl2N3O5S2. The second-order valence-electron chi connectivity index (χ2n) is 7.49. The Morgan fingerprint density at radius 3 is 2.18 bits per heavy atom. The van der Waals surface area contributed by atoms with Crippen LogP contribution in [0.25, 0.3) is 0 Å². The number of hydrogen-bond donors (Lipinski definition) is 2. The Morgan fingerprint density at radius 2 is 1.61 bits per heavy atom. The van der Waals surface area contributed by atoms with Crippen LogP contribution in [0.4, 0.5) is 5.69 Å². The van der Waals surface area contributed by atoms with E-state index < -0.39 is 37.7 Å². The fraction of sp³-hybridized carbons (Fsp3) is 0.562. The second-order valence-corrected chi connectivity index (χ2v) is 12.6. The largest absolute Gasteiger partial charge is 0.324 e. The lowest BCUT2D eigenvalue weighted by atomic mass is 9.97. The third-order valence-corrected chi connectivity index (χ3v) is 9.73. The smallest absolute Gasteiger partial charge is 0.238 e. The Balaban J connectivity index is 1.58. The lowest BCUT2D eigenvalue weighted by Crippen LogP contribution is -2.67. The molecule has 4 rings (SSSR count). The van der Waals surface area contributed by atoms with Crippen LogP contribution in [-0.4, -0.2) is 81.4 Å². The van der Waals surface area contributed by atoms with Gasteiger partial charge in [0.05, 0.1) is 45.3 Å². The van der Waals surface area contributed by atoms with Crippen molar-refractivity contribution < 1.29 is 21.6 Å². The van der Waals surface area contributed by atoms with Gasteiger partial charge in [-0.25, -0.2) is 16.8 Å². The van der Waals surface area contributed by atoms with Crippen molar-refractivity contribution in [2.45, 2.75) is 24.2 Å². The zero-order chi connectivity index (χ0) is 20.3. The number of nitrogens with one attached hydrogen (secondary N) is 2. The molecule has 0 aromatic heterocycles. The summed E-state index contributed by atoms with van der Waals surface area (Å²) >= 11 is 12.1. The van der Waals surface area contributed by atoms with Gasteiger partial charge in [0.1, 0.15) is 0 Å². The van der Waals surface area contributed by atoms with Crippen molar-refractivity contribution in [3.05, 3.63) is 28.2 Å². The number of nitrogens with zero attached hydrogens (tertiary/aromatic N) is 1. The maximum atomic E-state index is 12.7. The predicted octanol–water partition coefficient (Wildman–Crippen LogP) is 0.168. The molecule has 0 radical (unpaired) electrons. The molecule has 3 aliphatic heterocycles. The van der Waals surface area contributed by atoms with Crippen LogP contribution in [0.1, 0.15) is 0 Å². The van der Waals surface area contributed by atoms with Crippen LogP contribution in [-0.2, 0) is 24.5 Å². The van der Waals surface area contributed by atoms with Gasteiger partial charge >= 0.3 is 0 Å². The maximum Gasteiger partial charge on any atom is 0.238 e. The number of carbonyl (C=O) groups excluding carboxylic acids is 1. The molecule has 0 bridgehead atoms. The number of amides is 1. The lowest BCUT2D eigenvalue weighted by molar-refractivity contribution is -0.119. The van der Waals surface area contributed by atoms with E-state index in [0.29, 0.717) is 10.7 Å². The topological polar surface area (TPSA) is 113 Å². The minimum Gasteiger partial charge on any atom is -0.324 e. The first-order valence-corrected chi connectivity index (χ1v) is 13.1. The number of piperazine rings is 1. The van der Waals surface area contributed by atoms with Gasteiger partial charge in [-0.05, 0) is 12.1 Å². The standard InChI is InChI=1S/C16H19Cl2N3O5S2/c17-9-2-1-3-10(16(9)18)20-15(22)4-21-13-7-27(23,24)5-11(13)19-12-6-28(25,26)8-14(12)21/h1-3,11-14,19H,4-8H2,(H,20,22). The Morgan fingerprint density at radius 1 is 1.04 bits per heavy atom. The van der Waals surface area contributed by atoms with Gasteiger partial charge in [0.25, 0.3) is 0 Å². The van der Waals surface area contributed by atoms with Crippen LogP contribution in [0, 0.1) is 0 Å². The van der Waals surface area contributed by atoms with Crippen LogP contribution in [0.2, 0.25) is 10.0 Å². The van der Waals surface area contributed by atoms with Crippen molar-refractivity contribution in [2.24, 2.45) is 0 Å². The van der Waals surface area contributed by atoms with Gasteiger partial charge in [0, 0.05) is 24.2 Å². The van der Waals surface area contributed by atoms with Gasteiger partial charge in [0.2, 0.25) is 5.91 Å². The summed E-state index contributed by atoms with van der Waals surface area (Å²) in [4.78, 5) is 14.4. The summed E-state index contributed by atoms with van der Waals surface area (Å²) in [6.07, 6.45) is 0. The van der Waals surface area contributed by atoms with Crippen LogP contribution >= 0.6 is 23.2 Å². The Kier molecular flexibility index (Phi) is 5.17. The van der Waals surface area contributed by atoms with E-state index >= 15 is 0 Å². The molecule has 2 N–H and O–H groups in total. The van der Waals surface area contributed by atoms with Crippen molar-refractivity contribution in [1.82, 2.24) is 10.2 Å². The minimum atomic E-state index is -3.25. The maximum absolute atomic E-state index is 12.7. The highest BCUT2D eigenvalue weighted by Gasteiger charge is 2.54. The average Bonchev–Trinajstić information content (AvgIpc) is 3.05. The number of halogens is 2. The zero-order valence-corrected chi connectivity index (χ0v) is 17.8. The van der Waals surface area contributed by atoms with E-state index in [9.17, 15) is 21.6 Å². The van der Waals surface area contributed by atoms with Crippen molar-refractivity contribution in [2.75, 3.05) is 34.9 Å². The Hall–Kier alpha value is -0.910. The zero-order valence-electron chi connectivity index (χ0n) is 14.6. The predicted molar refractivity (Wildman–Crippen MR) is 107 cm³/mol. The van der Waals surface area contributed by atoms with Crippen molar-refractivity contribution in [3.63, 3.8) is 0 Å².